The van der Waals surface area contributed by atoms with Gasteiger partial charge in [-0.05, 0) is 37.1 Å². The molecule has 10 nitrogen and oxygen atoms in total. The fourth-order valence-electron chi connectivity index (χ4n) is 3.11. The summed E-state index contributed by atoms with van der Waals surface area (Å²) in [6, 6.07) is 8.68. The molecule has 3 rings (SSSR count). The van der Waals surface area contributed by atoms with Crippen LogP contribution >= 0.6 is 0 Å². The average molecular weight is 412 g/mol. The summed E-state index contributed by atoms with van der Waals surface area (Å²) in [6.07, 6.45) is 1.16. The second-order valence-corrected chi connectivity index (χ2v) is 6.70. The molecule has 156 valence electrons. The molecule has 0 unspecified atom stereocenters. The Kier molecular flexibility index (Phi) is 5.95. The lowest BCUT2D eigenvalue weighted by atomic mass is 10.2. The van der Waals surface area contributed by atoms with E-state index in [0.29, 0.717) is 35.7 Å². The molecule has 1 heterocycles. The Balaban J connectivity index is 1.76. The van der Waals surface area contributed by atoms with Crippen LogP contribution in [-0.2, 0) is 14.4 Å². The topological polar surface area (TPSA) is 131 Å². The quantitative estimate of drug-likeness (QED) is 0.441. The number of nitro groups is 1. The van der Waals surface area contributed by atoms with Crippen molar-refractivity contribution in [3.8, 4) is 5.75 Å². The van der Waals surface area contributed by atoms with Gasteiger partial charge in [0.25, 0.3) is 5.69 Å². The average Bonchev–Trinajstić information content (AvgIpc) is 3.15. The van der Waals surface area contributed by atoms with Gasteiger partial charge in [-0.1, -0.05) is 6.07 Å². The molecule has 1 aliphatic heterocycles. The highest BCUT2D eigenvalue weighted by atomic mass is 16.6. The van der Waals surface area contributed by atoms with Gasteiger partial charge in [0.1, 0.15) is 5.75 Å². The van der Waals surface area contributed by atoms with Crippen LogP contribution in [0, 0.1) is 17.0 Å². The maximum atomic E-state index is 12.3. The largest absolute Gasteiger partial charge is 0.495 e. The zero-order valence-corrected chi connectivity index (χ0v) is 16.4. The summed E-state index contributed by atoms with van der Waals surface area (Å²) in [5, 5.41) is 15.8. The van der Waals surface area contributed by atoms with E-state index in [9.17, 15) is 24.5 Å². The molecular formula is C20H20N4O6. The minimum atomic E-state index is -0.979. The fourth-order valence-corrected chi connectivity index (χ4v) is 3.11. The van der Waals surface area contributed by atoms with Crippen molar-refractivity contribution in [3.05, 3.63) is 52.1 Å². The number of methoxy groups -OCH3 is 1. The third kappa shape index (κ3) is 4.37. The van der Waals surface area contributed by atoms with E-state index in [0.717, 1.165) is 6.42 Å². The summed E-state index contributed by atoms with van der Waals surface area (Å²) in [5.41, 5.74) is 1.35. The number of benzene rings is 2. The summed E-state index contributed by atoms with van der Waals surface area (Å²) in [7, 11) is 1.48. The highest BCUT2D eigenvalue weighted by Crippen LogP contribution is 2.34. The smallest absolute Gasteiger partial charge is 0.314 e. The van der Waals surface area contributed by atoms with Crippen LogP contribution in [0.25, 0.3) is 0 Å². The SMILES string of the molecule is COc1ccc(NC(=O)C(=O)Nc2cc([N+](=O)[O-])ccc2C)cc1N1CCCC1=O. The normalized spacial score (nSPS) is 13.1. The van der Waals surface area contributed by atoms with Gasteiger partial charge < -0.3 is 20.3 Å². The Labute approximate surface area is 172 Å². The minimum Gasteiger partial charge on any atom is -0.495 e. The highest BCUT2D eigenvalue weighted by molar-refractivity contribution is 6.43. The number of hydrogen-bond donors (Lipinski definition) is 2. The van der Waals surface area contributed by atoms with Gasteiger partial charge in [-0.2, -0.15) is 0 Å². The molecular weight excluding hydrogens is 392 g/mol. The number of nitrogens with zero attached hydrogens (tertiary/aromatic N) is 2. The van der Waals surface area contributed by atoms with E-state index in [1.165, 1.54) is 25.3 Å². The molecule has 0 aromatic heterocycles. The maximum Gasteiger partial charge on any atom is 0.314 e. The van der Waals surface area contributed by atoms with Crippen LogP contribution < -0.4 is 20.3 Å². The fraction of sp³-hybridized carbons (Fsp3) is 0.250. The van der Waals surface area contributed by atoms with Gasteiger partial charge in [0.15, 0.2) is 0 Å². The predicted octanol–water partition coefficient (Wildman–Crippen LogP) is 2.62. The van der Waals surface area contributed by atoms with Crippen molar-refractivity contribution in [2.24, 2.45) is 0 Å². The maximum absolute atomic E-state index is 12.3. The number of amides is 3. The molecule has 0 radical (unpaired) electrons. The Bertz CT molecular complexity index is 1040. The van der Waals surface area contributed by atoms with E-state index in [4.69, 9.17) is 4.74 Å². The molecule has 2 aromatic rings. The molecule has 0 bridgehead atoms. The van der Waals surface area contributed by atoms with Crippen LogP contribution in [0.1, 0.15) is 18.4 Å². The molecule has 1 aliphatic rings. The van der Waals surface area contributed by atoms with Gasteiger partial charge in [0.2, 0.25) is 5.91 Å². The Morgan fingerprint density at radius 2 is 1.87 bits per heavy atom. The van der Waals surface area contributed by atoms with Crippen molar-refractivity contribution >= 4 is 40.5 Å². The molecule has 0 aliphatic carbocycles. The van der Waals surface area contributed by atoms with Crippen molar-refractivity contribution in [2.75, 3.05) is 29.2 Å². The third-order valence-electron chi connectivity index (χ3n) is 4.69. The molecule has 2 aromatic carbocycles. The van der Waals surface area contributed by atoms with E-state index >= 15 is 0 Å². The highest BCUT2D eigenvalue weighted by Gasteiger charge is 2.25. The molecule has 10 heteroatoms. The van der Waals surface area contributed by atoms with Crippen molar-refractivity contribution < 1.29 is 24.0 Å². The zero-order valence-electron chi connectivity index (χ0n) is 16.4. The first-order chi connectivity index (χ1) is 14.3. The second kappa shape index (κ2) is 8.60. The number of rotatable bonds is 5. The van der Waals surface area contributed by atoms with Crippen LogP contribution in [0.4, 0.5) is 22.7 Å². The number of hydrogen-bond acceptors (Lipinski definition) is 6. The van der Waals surface area contributed by atoms with Gasteiger partial charge in [-0.15, -0.1) is 0 Å². The van der Waals surface area contributed by atoms with E-state index in [2.05, 4.69) is 10.6 Å². The molecule has 3 amide bonds. The van der Waals surface area contributed by atoms with Gasteiger partial charge in [0.05, 0.1) is 23.4 Å². The van der Waals surface area contributed by atoms with Crippen LogP contribution in [-0.4, -0.2) is 36.3 Å². The lowest BCUT2D eigenvalue weighted by Crippen LogP contribution is -2.29. The number of ether oxygens (including phenoxy) is 1. The molecule has 0 spiro atoms. The van der Waals surface area contributed by atoms with Crippen LogP contribution in [0.5, 0.6) is 5.75 Å². The summed E-state index contributed by atoms with van der Waals surface area (Å²) >= 11 is 0. The summed E-state index contributed by atoms with van der Waals surface area (Å²) in [4.78, 5) is 48.6. The zero-order chi connectivity index (χ0) is 21.8. The number of aryl methyl sites for hydroxylation is 1. The van der Waals surface area contributed by atoms with Crippen LogP contribution in [0.2, 0.25) is 0 Å². The standard InChI is InChI=1S/C20H20N4O6/c1-12-5-7-14(24(28)29)11-15(12)22-20(27)19(26)21-13-6-8-17(30-2)16(10-13)23-9-3-4-18(23)25/h5-8,10-11H,3-4,9H2,1-2H3,(H,21,26)(H,22,27). The van der Waals surface area contributed by atoms with Gasteiger partial charge >= 0.3 is 11.8 Å². The Morgan fingerprint density at radius 3 is 2.50 bits per heavy atom. The van der Waals surface area contributed by atoms with Crippen molar-refractivity contribution in [1.29, 1.82) is 0 Å². The first-order valence-electron chi connectivity index (χ1n) is 9.16. The van der Waals surface area contributed by atoms with Gasteiger partial charge in [0, 0.05) is 30.8 Å². The summed E-state index contributed by atoms with van der Waals surface area (Å²) in [6.45, 7) is 2.19. The van der Waals surface area contributed by atoms with E-state index in [1.807, 2.05) is 0 Å². The Morgan fingerprint density at radius 1 is 1.13 bits per heavy atom. The second-order valence-electron chi connectivity index (χ2n) is 6.70. The molecule has 1 fully saturated rings. The molecule has 2 N–H and O–H groups in total. The van der Waals surface area contributed by atoms with Gasteiger partial charge in [-0.3, -0.25) is 24.5 Å². The van der Waals surface area contributed by atoms with E-state index in [1.54, 1.807) is 30.0 Å². The van der Waals surface area contributed by atoms with E-state index < -0.39 is 16.7 Å². The van der Waals surface area contributed by atoms with Crippen LogP contribution in [0.3, 0.4) is 0 Å². The van der Waals surface area contributed by atoms with Crippen LogP contribution in [0.15, 0.2) is 36.4 Å². The predicted molar refractivity (Wildman–Crippen MR) is 110 cm³/mol. The number of anilines is 3. The van der Waals surface area contributed by atoms with E-state index in [-0.39, 0.29) is 17.3 Å². The molecule has 0 atom stereocenters. The Hall–Kier alpha value is -3.95. The van der Waals surface area contributed by atoms with Crippen molar-refractivity contribution in [3.63, 3.8) is 0 Å². The summed E-state index contributed by atoms with van der Waals surface area (Å²) < 4.78 is 5.30. The lowest BCUT2D eigenvalue weighted by molar-refractivity contribution is -0.384. The molecule has 1 saturated heterocycles. The van der Waals surface area contributed by atoms with Crippen molar-refractivity contribution in [1.82, 2.24) is 0 Å². The first-order valence-corrected chi connectivity index (χ1v) is 9.16. The number of carbonyl (C=O) groups excluding carboxylic acids is 3. The summed E-state index contributed by atoms with van der Waals surface area (Å²) in [5.74, 6) is -1.51. The third-order valence-corrected chi connectivity index (χ3v) is 4.69. The number of nitro benzene ring substituents is 1. The number of non-ortho nitro benzene ring substituents is 1. The number of nitrogens with one attached hydrogen (secondary N) is 2. The minimum absolute atomic E-state index is 0.0457. The number of carbonyl (C=O) groups is 3. The van der Waals surface area contributed by atoms with Gasteiger partial charge in [-0.25, -0.2) is 0 Å². The lowest BCUT2D eigenvalue weighted by Gasteiger charge is -2.20. The van der Waals surface area contributed by atoms with Crippen molar-refractivity contribution in [2.45, 2.75) is 19.8 Å². The molecule has 0 saturated carbocycles. The monoisotopic (exact) mass is 412 g/mol. The molecule has 30 heavy (non-hydrogen) atoms. The first kappa shape index (κ1) is 20.8.